The first-order valence-electron chi connectivity index (χ1n) is 6.32. The van der Waals surface area contributed by atoms with Gasteiger partial charge < -0.3 is 10.0 Å². The Morgan fingerprint density at radius 1 is 1.38 bits per heavy atom. The van der Waals surface area contributed by atoms with Crippen LogP contribution in [0, 0.1) is 0 Å². The molecular formula is C13H17ClN2O4S. The summed E-state index contributed by atoms with van der Waals surface area (Å²) in [6, 6.07) is 4.28. The number of hydrogen-bond donors (Lipinski definition) is 1. The van der Waals surface area contributed by atoms with Crippen molar-refractivity contribution in [2.45, 2.75) is 23.5 Å². The van der Waals surface area contributed by atoms with Crippen molar-refractivity contribution >= 4 is 27.5 Å². The van der Waals surface area contributed by atoms with E-state index in [4.69, 9.17) is 11.6 Å². The number of amides is 1. The van der Waals surface area contributed by atoms with Gasteiger partial charge in [0.25, 0.3) is 0 Å². The maximum absolute atomic E-state index is 12.2. The molecule has 0 radical (unpaired) electrons. The minimum absolute atomic E-state index is 0.0722. The molecule has 21 heavy (non-hydrogen) atoms. The lowest BCUT2D eigenvalue weighted by molar-refractivity contribution is -0.142. The number of carbonyl (C=O) groups is 1. The van der Waals surface area contributed by atoms with Crippen LogP contribution in [-0.2, 0) is 20.5 Å². The second kappa shape index (κ2) is 5.24. The predicted octanol–water partition coefficient (Wildman–Crippen LogP) is 0.988. The molecule has 1 aliphatic heterocycles. The standard InChI is InChI=1S/C13H17ClN2O4S/c1-15(2)21(19,20)11-8-9(4-5-10(11)14)13(18)7-6-12(17)16(13)3/h4-5,8,18H,6-7H2,1-3H3. The number of nitrogens with zero attached hydrogens (tertiary/aromatic N) is 2. The third kappa shape index (κ3) is 2.55. The van der Waals surface area contributed by atoms with Gasteiger partial charge in [-0.2, -0.15) is 0 Å². The molecule has 1 aromatic carbocycles. The zero-order valence-electron chi connectivity index (χ0n) is 12.0. The molecule has 0 saturated carbocycles. The number of sulfonamides is 1. The van der Waals surface area contributed by atoms with Gasteiger partial charge in [-0.25, -0.2) is 12.7 Å². The number of likely N-dealkylation sites (tertiary alicyclic amines) is 1. The molecule has 0 spiro atoms. The first kappa shape index (κ1) is 16.2. The van der Waals surface area contributed by atoms with Crippen molar-refractivity contribution < 1.29 is 18.3 Å². The average molecular weight is 333 g/mol. The van der Waals surface area contributed by atoms with E-state index in [1.165, 1.54) is 44.2 Å². The Balaban J connectivity index is 2.57. The molecule has 0 bridgehead atoms. The second-order valence-corrected chi connectivity index (χ2v) is 7.73. The molecule has 0 aromatic heterocycles. The molecule has 6 nitrogen and oxygen atoms in total. The van der Waals surface area contributed by atoms with Crippen LogP contribution in [0.15, 0.2) is 23.1 Å². The van der Waals surface area contributed by atoms with Gasteiger partial charge in [0.15, 0.2) is 5.72 Å². The van der Waals surface area contributed by atoms with Crippen LogP contribution in [0.1, 0.15) is 18.4 Å². The summed E-state index contributed by atoms with van der Waals surface area (Å²) in [5.74, 6) is -0.190. The zero-order valence-corrected chi connectivity index (χ0v) is 13.6. The lowest BCUT2D eigenvalue weighted by Crippen LogP contribution is -2.40. The Morgan fingerprint density at radius 2 is 2.00 bits per heavy atom. The van der Waals surface area contributed by atoms with Crippen LogP contribution in [0.5, 0.6) is 0 Å². The van der Waals surface area contributed by atoms with E-state index in [0.717, 1.165) is 4.31 Å². The molecule has 1 saturated heterocycles. The highest BCUT2D eigenvalue weighted by Gasteiger charge is 2.43. The van der Waals surface area contributed by atoms with E-state index in [0.29, 0.717) is 5.56 Å². The van der Waals surface area contributed by atoms with Crippen molar-refractivity contribution in [3.8, 4) is 0 Å². The Kier molecular flexibility index (Phi) is 4.05. The smallest absolute Gasteiger partial charge is 0.244 e. The van der Waals surface area contributed by atoms with Crippen molar-refractivity contribution in [2.75, 3.05) is 21.1 Å². The molecule has 1 fully saturated rings. The molecule has 8 heteroatoms. The summed E-state index contributed by atoms with van der Waals surface area (Å²) in [5, 5.41) is 10.7. The van der Waals surface area contributed by atoms with E-state index >= 15 is 0 Å². The van der Waals surface area contributed by atoms with Crippen molar-refractivity contribution in [2.24, 2.45) is 0 Å². The van der Waals surface area contributed by atoms with Crippen LogP contribution < -0.4 is 0 Å². The van der Waals surface area contributed by atoms with Crippen LogP contribution in [0.25, 0.3) is 0 Å². The summed E-state index contributed by atoms with van der Waals surface area (Å²) in [7, 11) is 0.562. The normalized spacial score (nSPS) is 23.1. The van der Waals surface area contributed by atoms with Crippen molar-refractivity contribution in [3.05, 3.63) is 28.8 Å². The van der Waals surface area contributed by atoms with Gasteiger partial charge in [0, 0.05) is 39.5 Å². The highest BCUT2D eigenvalue weighted by atomic mass is 35.5. The molecule has 1 heterocycles. The fourth-order valence-electron chi connectivity index (χ4n) is 2.31. The number of aliphatic hydroxyl groups is 1. The molecular weight excluding hydrogens is 316 g/mol. The molecule has 2 rings (SSSR count). The van der Waals surface area contributed by atoms with E-state index in [1.54, 1.807) is 0 Å². The molecule has 1 aromatic rings. The number of hydrogen-bond acceptors (Lipinski definition) is 4. The SMILES string of the molecule is CN1C(=O)CCC1(O)c1ccc(Cl)c(S(=O)(=O)N(C)C)c1. The summed E-state index contributed by atoms with van der Waals surface area (Å²) >= 11 is 5.97. The third-order valence-electron chi connectivity index (χ3n) is 3.77. The van der Waals surface area contributed by atoms with Crippen molar-refractivity contribution in [1.29, 1.82) is 0 Å². The monoisotopic (exact) mass is 332 g/mol. The van der Waals surface area contributed by atoms with E-state index < -0.39 is 15.7 Å². The Hall–Kier alpha value is -1.15. The Morgan fingerprint density at radius 3 is 2.48 bits per heavy atom. The van der Waals surface area contributed by atoms with E-state index in [-0.39, 0.29) is 28.7 Å². The minimum Gasteiger partial charge on any atom is -0.367 e. The molecule has 1 aliphatic rings. The van der Waals surface area contributed by atoms with E-state index in [2.05, 4.69) is 0 Å². The summed E-state index contributed by atoms with van der Waals surface area (Å²) in [5.41, 5.74) is -1.17. The van der Waals surface area contributed by atoms with Gasteiger partial charge in [0.1, 0.15) is 4.90 Å². The fraction of sp³-hybridized carbons (Fsp3) is 0.462. The van der Waals surface area contributed by atoms with Gasteiger partial charge in [-0.05, 0) is 12.1 Å². The highest BCUT2D eigenvalue weighted by Crippen LogP contribution is 2.38. The van der Waals surface area contributed by atoms with Gasteiger partial charge in [-0.15, -0.1) is 0 Å². The van der Waals surface area contributed by atoms with Crippen LogP contribution in [0.2, 0.25) is 5.02 Å². The van der Waals surface area contributed by atoms with Gasteiger partial charge in [-0.1, -0.05) is 17.7 Å². The first-order chi connectivity index (χ1) is 9.60. The Bertz CT molecular complexity index is 689. The van der Waals surface area contributed by atoms with Gasteiger partial charge >= 0.3 is 0 Å². The molecule has 116 valence electrons. The molecule has 1 unspecified atom stereocenters. The second-order valence-electron chi connectivity index (χ2n) is 5.20. The number of rotatable bonds is 3. The molecule has 1 N–H and O–H groups in total. The number of halogens is 1. The lowest BCUT2D eigenvalue weighted by atomic mass is 10.0. The number of carbonyl (C=O) groups excluding carboxylic acids is 1. The minimum atomic E-state index is -3.73. The van der Waals surface area contributed by atoms with Crippen LogP contribution in [0.3, 0.4) is 0 Å². The summed E-state index contributed by atoms with van der Waals surface area (Å²) < 4.78 is 25.5. The summed E-state index contributed by atoms with van der Waals surface area (Å²) in [6.45, 7) is 0. The van der Waals surface area contributed by atoms with Crippen molar-refractivity contribution in [3.63, 3.8) is 0 Å². The fourth-order valence-corrected chi connectivity index (χ4v) is 3.70. The molecule has 1 amide bonds. The maximum atomic E-state index is 12.2. The van der Waals surface area contributed by atoms with E-state index in [9.17, 15) is 18.3 Å². The largest absolute Gasteiger partial charge is 0.367 e. The lowest BCUT2D eigenvalue weighted by Gasteiger charge is -2.31. The van der Waals surface area contributed by atoms with Crippen LogP contribution >= 0.6 is 11.6 Å². The van der Waals surface area contributed by atoms with Gasteiger partial charge in [0.05, 0.1) is 5.02 Å². The quantitative estimate of drug-likeness (QED) is 0.895. The summed E-state index contributed by atoms with van der Waals surface area (Å²) in [4.78, 5) is 12.8. The average Bonchev–Trinajstić information content (AvgIpc) is 2.68. The molecule has 0 aliphatic carbocycles. The maximum Gasteiger partial charge on any atom is 0.244 e. The topological polar surface area (TPSA) is 77.9 Å². The highest BCUT2D eigenvalue weighted by molar-refractivity contribution is 7.89. The summed E-state index contributed by atoms with van der Waals surface area (Å²) in [6.07, 6.45) is 0.427. The number of benzene rings is 1. The predicted molar refractivity (Wildman–Crippen MR) is 78.2 cm³/mol. The third-order valence-corrected chi connectivity index (χ3v) is 6.07. The Labute approximate surface area is 129 Å². The van der Waals surface area contributed by atoms with E-state index in [1.807, 2.05) is 0 Å². The molecule has 1 atom stereocenters. The van der Waals surface area contributed by atoms with Crippen molar-refractivity contribution in [1.82, 2.24) is 9.21 Å². The van der Waals surface area contributed by atoms with Gasteiger partial charge in [0.2, 0.25) is 15.9 Å². The van der Waals surface area contributed by atoms with Crippen LogP contribution in [-0.4, -0.2) is 49.8 Å². The zero-order chi connectivity index (χ0) is 16.0. The van der Waals surface area contributed by atoms with Gasteiger partial charge in [-0.3, -0.25) is 4.79 Å². The van der Waals surface area contributed by atoms with Crippen LogP contribution in [0.4, 0.5) is 0 Å². The first-order valence-corrected chi connectivity index (χ1v) is 8.14.